The summed E-state index contributed by atoms with van der Waals surface area (Å²) < 4.78 is 68.8. The van der Waals surface area contributed by atoms with E-state index in [1.807, 2.05) is 0 Å². The lowest BCUT2D eigenvalue weighted by atomic mass is 9.99. The van der Waals surface area contributed by atoms with E-state index in [0.29, 0.717) is 25.7 Å². The highest BCUT2D eigenvalue weighted by atomic mass is 31.2. The van der Waals surface area contributed by atoms with E-state index in [0.717, 1.165) is 108 Å². The first kappa shape index (κ1) is 101. The monoisotopic (exact) mass is 1510 g/mol. The number of aliphatic hydroxyl groups excluding tert-OH is 1. The van der Waals surface area contributed by atoms with Gasteiger partial charge in [0.1, 0.15) is 19.3 Å². The number of carbonyl (C=O) groups is 4. The molecule has 3 unspecified atom stereocenters. The van der Waals surface area contributed by atoms with Gasteiger partial charge in [-0.15, -0.1) is 0 Å². The Morgan fingerprint density at radius 1 is 0.282 bits per heavy atom. The molecule has 0 spiro atoms. The summed E-state index contributed by atoms with van der Waals surface area (Å²) in [7, 11) is -9.92. The molecule has 0 aliphatic rings. The summed E-state index contributed by atoms with van der Waals surface area (Å²) in [5.74, 6) is 0.290. The summed E-state index contributed by atoms with van der Waals surface area (Å²) in [6.07, 6.45) is 63.8. The highest BCUT2D eigenvalue weighted by Gasteiger charge is 2.30. The maximum absolute atomic E-state index is 13.1. The number of rotatable bonds is 82. The number of hydrogen-bond donors (Lipinski definition) is 3. The Labute approximate surface area is 632 Å². The molecule has 0 fully saturated rings. The molecular weight excluding hydrogens is 1340 g/mol. The van der Waals surface area contributed by atoms with E-state index >= 15 is 0 Å². The number of phosphoric ester groups is 2. The number of aliphatic hydroxyl groups is 1. The van der Waals surface area contributed by atoms with Crippen LogP contribution in [0.25, 0.3) is 0 Å². The second-order valence-corrected chi connectivity index (χ2v) is 34.3. The minimum atomic E-state index is -4.97. The summed E-state index contributed by atoms with van der Waals surface area (Å²) >= 11 is 0. The van der Waals surface area contributed by atoms with Gasteiger partial charge < -0.3 is 33.8 Å². The van der Waals surface area contributed by atoms with Crippen molar-refractivity contribution in [1.82, 2.24) is 0 Å². The molecule has 0 saturated carbocycles. The molecule has 0 amide bonds. The highest BCUT2D eigenvalue weighted by Crippen LogP contribution is 2.45. The van der Waals surface area contributed by atoms with Crippen molar-refractivity contribution in [1.29, 1.82) is 0 Å². The van der Waals surface area contributed by atoms with Crippen molar-refractivity contribution in [2.45, 2.75) is 458 Å². The number of phosphoric acid groups is 2. The minimum absolute atomic E-state index is 0.107. The second-order valence-electron chi connectivity index (χ2n) is 31.4. The van der Waals surface area contributed by atoms with E-state index < -0.39 is 97.5 Å². The average molecular weight is 1510 g/mol. The van der Waals surface area contributed by atoms with Crippen LogP contribution < -0.4 is 0 Å². The third kappa shape index (κ3) is 76.6. The van der Waals surface area contributed by atoms with Crippen molar-refractivity contribution >= 4 is 39.5 Å². The summed E-state index contributed by atoms with van der Waals surface area (Å²) in [6.45, 7) is 12.0. The summed E-state index contributed by atoms with van der Waals surface area (Å²) in [5.41, 5.74) is 0. The van der Waals surface area contributed by atoms with Gasteiger partial charge in [0.15, 0.2) is 12.2 Å². The van der Waals surface area contributed by atoms with Gasteiger partial charge in [-0.3, -0.25) is 37.3 Å². The van der Waals surface area contributed by atoms with Gasteiger partial charge in [0, 0.05) is 25.7 Å². The highest BCUT2D eigenvalue weighted by molar-refractivity contribution is 7.47. The lowest BCUT2D eigenvalue weighted by molar-refractivity contribution is -0.161. The van der Waals surface area contributed by atoms with Crippen LogP contribution in [0.5, 0.6) is 0 Å². The van der Waals surface area contributed by atoms with Gasteiger partial charge in [0.2, 0.25) is 0 Å². The van der Waals surface area contributed by atoms with Crippen LogP contribution in [-0.4, -0.2) is 96.7 Å². The third-order valence-electron chi connectivity index (χ3n) is 20.0. The van der Waals surface area contributed by atoms with Gasteiger partial charge in [-0.05, 0) is 43.4 Å². The van der Waals surface area contributed by atoms with Gasteiger partial charge in [0.25, 0.3) is 0 Å². The fourth-order valence-corrected chi connectivity index (χ4v) is 14.6. The van der Waals surface area contributed by atoms with Crippen molar-refractivity contribution in [2.75, 3.05) is 39.6 Å². The lowest BCUT2D eigenvalue weighted by Crippen LogP contribution is -2.30. The summed E-state index contributed by atoms with van der Waals surface area (Å²) in [5, 5.41) is 10.7. The van der Waals surface area contributed by atoms with E-state index in [2.05, 4.69) is 48.5 Å². The SMILES string of the molecule is CCCCCCCCCCCCCCCC(=O)O[C@H](COC(=O)CCCCCCCCCCC(C)C)COP(=O)(O)OC[C@H](O)COP(=O)(O)OC[C@@H](COC(=O)CCCCCCCCCCCCCCCCC(C)CC)OC(=O)CCCCCCCCCCCCCCCCCCCCC(C)C. The fourth-order valence-electron chi connectivity index (χ4n) is 13.0. The molecule has 0 rings (SSSR count). The number of unbranched alkanes of at least 4 members (excludes halogenated alkanes) is 49. The van der Waals surface area contributed by atoms with Crippen LogP contribution in [0.15, 0.2) is 0 Å². The quantitative estimate of drug-likeness (QED) is 0.0222. The largest absolute Gasteiger partial charge is 0.472 e. The molecule has 17 nitrogen and oxygen atoms in total. The molecule has 0 heterocycles. The topological polar surface area (TPSA) is 237 Å². The van der Waals surface area contributed by atoms with E-state index in [-0.39, 0.29) is 25.7 Å². The van der Waals surface area contributed by atoms with E-state index in [9.17, 15) is 43.2 Å². The Balaban J connectivity index is 5.23. The van der Waals surface area contributed by atoms with Crippen LogP contribution in [0.1, 0.15) is 440 Å². The van der Waals surface area contributed by atoms with Crippen molar-refractivity contribution in [3.63, 3.8) is 0 Å². The van der Waals surface area contributed by atoms with E-state index in [1.165, 1.54) is 250 Å². The molecule has 0 saturated heterocycles. The molecule has 0 aliphatic carbocycles. The van der Waals surface area contributed by atoms with Crippen LogP contribution in [0, 0.1) is 17.8 Å². The van der Waals surface area contributed by atoms with Crippen LogP contribution in [0.3, 0.4) is 0 Å². The standard InChI is InChI=1S/C84H164O17P2/c1-8-10-11-12-13-14-15-24-32-37-46-53-60-67-83(88)101-80(72-95-82(87)66-59-52-45-40-39-42-49-56-63-76(5)6)74-99-103(92,93)97-70-78(85)69-96-102(90,91)98-73-79(71-94-81(86)65-58-51-44-36-31-27-23-22-26-30-35-43-50-57-64-77(7)9-2)100-84(89)68-61-54-47-38-33-28-21-19-17-16-18-20-25-29-34-41-48-55-62-75(3)4/h75-80,85H,8-74H2,1-7H3,(H,90,91)(H,92,93)/t77?,78-,79-,80-/m1/s1. The Morgan fingerprint density at radius 2 is 0.495 bits per heavy atom. The Hall–Kier alpha value is -1.94. The molecule has 0 aromatic carbocycles. The number of carbonyl (C=O) groups excluding carboxylic acids is 4. The maximum atomic E-state index is 13.1. The Kier molecular flexibility index (Phi) is 72.8. The van der Waals surface area contributed by atoms with Gasteiger partial charge in [-0.1, -0.05) is 389 Å². The van der Waals surface area contributed by atoms with Gasteiger partial charge in [0.05, 0.1) is 26.4 Å². The second kappa shape index (κ2) is 74.2. The van der Waals surface area contributed by atoms with Gasteiger partial charge in [-0.2, -0.15) is 0 Å². The Bertz CT molecular complexity index is 1990. The smallest absolute Gasteiger partial charge is 0.462 e. The predicted molar refractivity (Wildman–Crippen MR) is 423 cm³/mol. The third-order valence-corrected chi connectivity index (χ3v) is 21.9. The number of ether oxygens (including phenoxy) is 4. The zero-order chi connectivity index (χ0) is 75.8. The first-order valence-corrected chi connectivity index (χ1v) is 46.4. The molecule has 6 atom stereocenters. The average Bonchev–Trinajstić information content (AvgIpc) is 0.910. The molecule has 3 N–H and O–H groups in total. The molecule has 0 aromatic rings. The first-order valence-electron chi connectivity index (χ1n) is 43.4. The fraction of sp³-hybridized carbons (Fsp3) is 0.952. The lowest BCUT2D eigenvalue weighted by Gasteiger charge is -2.21. The van der Waals surface area contributed by atoms with E-state index in [4.69, 9.17) is 37.0 Å². The first-order chi connectivity index (χ1) is 49.8. The van der Waals surface area contributed by atoms with Crippen molar-refractivity contribution < 1.29 is 80.2 Å². The van der Waals surface area contributed by atoms with Crippen molar-refractivity contribution in [3.8, 4) is 0 Å². The maximum Gasteiger partial charge on any atom is 0.472 e. The normalized spacial score (nSPS) is 14.2. The van der Waals surface area contributed by atoms with Crippen LogP contribution >= 0.6 is 15.6 Å². The number of esters is 4. The van der Waals surface area contributed by atoms with Crippen LogP contribution in [0.2, 0.25) is 0 Å². The van der Waals surface area contributed by atoms with Gasteiger partial charge in [-0.25, -0.2) is 9.13 Å². The zero-order valence-corrected chi connectivity index (χ0v) is 69.6. The Morgan fingerprint density at radius 3 is 0.738 bits per heavy atom. The molecule has 0 aromatic heterocycles. The van der Waals surface area contributed by atoms with Gasteiger partial charge >= 0.3 is 39.5 Å². The zero-order valence-electron chi connectivity index (χ0n) is 67.8. The molecular formula is C84H164O17P2. The predicted octanol–water partition coefficient (Wildman–Crippen LogP) is 25.3. The number of hydrogen-bond acceptors (Lipinski definition) is 15. The summed E-state index contributed by atoms with van der Waals surface area (Å²) in [6, 6.07) is 0. The molecule has 103 heavy (non-hydrogen) atoms. The van der Waals surface area contributed by atoms with Crippen molar-refractivity contribution in [3.05, 3.63) is 0 Å². The van der Waals surface area contributed by atoms with Crippen molar-refractivity contribution in [2.24, 2.45) is 17.8 Å². The van der Waals surface area contributed by atoms with Crippen LogP contribution in [-0.2, 0) is 65.4 Å². The molecule has 0 radical (unpaired) electrons. The molecule has 0 bridgehead atoms. The molecule has 612 valence electrons. The summed E-state index contributed by atoms with van der Waals surface area (Å²) in [4.78, 5) is 73.1. The van der Waals surface area contributed by atoms with E-state index in [1.54, 1.807) is 0 Å². The molecule has 19 heteroatoms. The van der Waals surface area contributed by atoms with Crippen LogP contribution in [0.4, 0.5) is 0 Å². The minimum Gasteiger partial charge on any atom is -0.462 e. The molecule has 0 aliphatic heterocycles.